The summed E-state index contributed by atoms with van der Waals surface area (Å²) in [6.45, 7) is 1.65. The number of rotatable bonds is 14. The average Bonchev–Trinajstić information content (AvgIpc) is 2.56. The number of ether oxygens (including phenoxy) is 1. The second kappa shape index (κ2) is 13.4. The van der Waals surface area contributed by atoms with Crippen LogP contribution in [0.1, 0.15) is 58.3 Å². The Hall–Kier alpha value is -1.02. The van der Waals surface area contributed by atoms with Gasteiger partial charge in [0.25, 0.3) is 0 Å². The van der Waals surface area contributed by atoms with E-state index in [2.05, 4.69) is 6.92 Å². The smallest absolute Gasteiger partial charge is 0.305 e. The molecule has 4 N–H and O–H groups in total. The number of aliphatic hydroxyl groups excluding tert-OH is 4. The highest BCUT2D eigenvalue weighted by Crippen LogP contribution is 2.09. The molecule has 0 unspecified atom stereocenters. The van der Waals surface area contributed by atoms with Gasteiger partial charge in [-0.1, -0.05) is 45.4 Å². The standard InChI is InChI=1S/C16H30O7/c1-2-3-4-5-6-7-8-9-14(20)23-11-13(19)16(22)15(21)12(18)10-17/h10,12-13,15-16,18-19,21-22H,2-9,11H2,1H3/t12-,13+,15-,16+/m0/s1. The number of aliphatic hydroxyl groups is 4. The Labute approximate surface area is 137 Å². The van der Waals surface area contributed by atoms with Gasteiger partial charge in [0.1, 0.15) is 31.0 Å². The minimum Gasteiger partial charge on any atom is -0.463 e. The lowest BCUT2D eigenvalue weighted by atomic mass is 10.0. The quantitative estimate of drug-likeness (QED) is 0.205. The number of aldehydes is 1. The van der Waals surface area contributed by atoms with Crippen molar-refractivity contribution in [2.75, 3.05) is 6.61 Å². The summed E-state index contributed by atoms with van der Waals surface area (Å²) in [5.41, 5.74) is 0. The topological polar surface area (TPSA) is 124 Å². The summed E-state index contributed by atoms with van der Waals surface area (Å²) in [5.74, 6) is -0.491. The monoisotopic (exact) mass is 334 g/mol. The number of hydrogen-bond donors (Lipinski definition) is 4. The van der Waals surface area contributed by atoms with Crippen molar-refractivity contribution in [1.82, 2.24) is 0 Å². The molecule has 0 bridgehead atoms. The molecule has 0 aromatic heterocycles. The minimum atomic E-state index is -1.83. The van der Waals surface area contributed by atoms with Gasteiger partial charge < -0.3 is 30.0 Å². The molecule has 0 saturated carbocycles. The van der Waals surface area contributed by atoms with Crippen molar-refractivity contribution in [2.45, 2.75) is 82.7 Å². The summed E-state index contributed by atoms with van der Waals surface area (Å²) >= 11 is 0. The molecule has 0 aromatic rings. The SMILES string of the molecule is CCCCCCCCCC(=O)OC[C@@H](O)[C@@H](O)[C@@H](O)[C@@H](O)C=O. The maximum Gasteiger partial charge on any atom is 0.305 e. The Balaban J connectivity index is 3.77. The van der Waals surface area contributed by atoms with E-state index in [4.69, 9.17) is 9.84 Å². The number of esters is 1. The van der Waals surface area contributed by atoms with Crippen LogP contribution in [0.25, 0.3) is 0 Å². The summed E-state index contributed by atoms with van der Waals surface area (Å²) in [6, 6.07) is 0. The fraction of sp³-hybridized carbons (Fsp3) is 0.875. The van der Waals surface area contributed by atoms with E-state index >= 15 is 0 Å². The van der Waals surface area contributed by atoms with Crippen molar-refractivity contribution in [3.63, 3.8) is 0 Å². The van der Waals surface area contributed by atoms with Crippen LogP contribution in [-0.2, 0) is 14.3 Å². The highest BCUT2D eigenvalue weighted by Gasteiger charge is 2.30. The van der Waals surface area contributed by atoms with Crippen molar-refractivity contribution < 1.29 is 34.8 Å². The van der Waals surface area contributed by atoms with Crippen LogP contribution in [0.3, 0.4) is 0 Å². The molecule has 0 aliphatic rings. The van der Waals surface area contributed by atoms with Crippen molar-refractivity contribution in [2.24, 2.45) is 0 Å². The van der Waals surface area contributed by atoms with E-state index in [9.17, 15) is 24.9 Å². The molecule has 7 heteroatoms. The first-order chi connectivity index (χ1) is 10.9. The molecule has 7 nitrogen and oxygen atoms in total. The molecule has 0 rings (SSSR count). The molecule has 0 aliphatic heterocycles. The molecule has 0 aliphatic carbocycles. The highest BCUT2D eigenvalue weighted by molar-refractivity contribution is 5.69. The van der Waals surface area contributed by atoms with E-state index in [1.165, 1.54) is 19.3 Å². The Morgan fingerprint density at radius 1 is 0.957 bits per heavy atom. The van der Waals surface area contributed by atoms with E-state index in [0.717, 1.165) is 19.3 Å². The molecule has 0 saturated heterocycles. The van der Waals surface area contributed by atoms with Gasteiger partial charge in [-0.05, 0) is 6.42 Å². The fourth-order valence-corrected chi connectivity index (χ4v) is 2.09. The van der Waals surface area contributed by atoms with Crippen LogP contribution in [0.4, 0.5) is 0 Å². The van der Waals surface area contributed by atoms with Crippen molar-refractivity contribution in [3.8, 4) is 0 Å². The zero-order chi connectivity index (χ0) is 17.7. The van der Waals surface area contributed by atoms with Gasteiger partial charge in [-0.15, -0.1) is 0 Å². The molecule has 4 atom stereocenters. The zero-order valence-electron chi connectivity index (χ0n) is 13.8. The first-order valence-electron chi connectivity index (χ1n) is 8.27. The van der Waals surface area contributed by atoms with Crippen LogP contribution >= 0.6 is 0 Å². The molecular formula is C16H30O7. The lowest BCUT2D eigenvalue weighted by Crippen LogP contribution is -2.46. The van der Waals surface area contributed by atoms with Gasteiger partial charge in [-0.2, -0.15) is 0 Å². The Bertz CT molecular complexity index is 322. The Kier molecular flexibility index (Phi) is 12.8. The van der Waals surface area contributed by atoms with Gasteiger partial charge >= 0.3 is 5.97 Å². The van der Waals surface area contributed by atoms with Gasteiger partial charge in [0.15, 0.2) is 6.29 Å². The molecule has 0 amide bonds. The average molecular weight is 334 g/mol. The number of hydrogen-bond acceptors (Lipinski definition) is 7. The maximum absolute atomic E-state index is 11.5. The third kappa shape index (κ3) is 10.4. The van der Waals surface area contributed by atoms with E-state index in [-0.39, 0.29) is 12.7 Å². The van der Waals surface area contributed by atoms with Gasteiger partial charge in [0.05, 0.1) is 0 Å². The second-order valence-corrected chi connectivity index (χ2v) is 5.73. The van der Waals surface area contributed by atoms with Crippen molar-refractivity contribution in [1.29, 1.82) is 0 Å². The van der Waals surface area contributed by atoms with Gasteiger partial charge in [-0.25, -0.2) is 0 Å². The molecule has 0 spiro atoms. The number of carbonyl (C=O) groups excluding carboxylic acids is 2. The van der Waals surface area contributed by atoms with E-state index in [1.54, 1.807) is 0 Å². The van der Waals surface area contributed by atoms with Crippen molar-refractivity contribution >= 4 is 12.3 Å². The Morgan fingerprint density at radius 3 is 2.09 bits per heavy atom. The van der Waals surface area contributed by atoms with Crippen LogP contribution in [0.15, 0.2) is 0 Å². The molecule has 0 radical (unpaired) electrons. The van der Waals surface area contributed by atoms with E-state index in [1.807, 2.05) is 0 Å². The summed E-state index contributed by atoms with van der Waals surface area (Å²) in [4.78, 5) is 21.8. The maximum atomic E-state index is 11.5. The summed E-state index contributed by atoms with van der Waals surface area (Å²) in [6.07, 6.45) is 0.806. The molecule has 23 heavy (non-hydrogen) atoms. The van der Waals surface area contributed by atoms with Gasteiger partial charge in [0.2, 0.25) is 0 Å². The van der Waals surface area contributed by atoms with Crippen LogP contribution in [0.2, 0.25) is 0 Å². The number of carbonyl (C=O) groups is 2. The fourth-order valence-electron chi connectivity index (χ4n) is 2.09. The van der Waals surface area contributed by atoms with Crippen LogP contribution in [0.5, 0.6) is 0 Å². The summed E-state index contributed by atoms with van der Waals surface area (Å²) in [5, 5.41) is 37.5. The predicted molar refractivity (Wildman–Crippen MR) is 83.7 cm³/mol. The van der Waals surface area contributed by atoms with E-state index < -0.39 is 37.0 Å². The van der Waals surface area contributed by atoms with Crippen LogP contribution in [-0.4, -0.2) is 63.7 Å². The second-order valence-electron chi connectivity index (χ2n) is 5.73. The summed E-state index contributed by atoms with van der Waals surface area (Å²) in [7, 11) is 0. The lowest BCUT2D eigenvalue weighted by molar-refractivity contribution is -0.156. The van der Waals surface area contributed by atoms with Gasteiger partial charge in [-0.3, -0.25) is 4.79 Å². The van der Waals surface area contributed by atoms with E-state index in [0.29, 0.717) is 6.42 Å². The first-order valence-corrected chi connectivity index (χ1v) is 8.27. The number of unbranched alkanes of at least 4 members (excludes halogenated alkanes) is 6. The zero-order valence-corrected chi connectivity index (χ0v) is 13.8. The Morgan fingerprint density at radius 2 is 1.52 bits per heavy atom. The molecular weight excluding hydrogens is 304 g/mol. The highest BCUT2D eigenvalue weighted by atomic mass is 16.5. The molecule has 0 aromatic carbocycles. The lowest BCUT2D eigenvalue weighted by Gasteiger charge is -2.23. The van der Waals surface area contributed by atoms with Crippen molar-refractivity contribution in [3.05, 3.63) is 0 Å². The van der Waals surface area contributed by atoms with Crippen LogP contribution in [0, 0.1) is 0 Å². The normalized spacial score (nSPS) is 16.4. The predicted octanol–water partition coefficient (Wildman–Crippen LogP) is 0.313. The molecule has 0 heterocycles. The third-order valence-corrected chi connectivity index (χ3v) is 3.63. The first kappa shape index (κ1) is 22.0. The van der Waals surface area contributed by atoms with Crippen LogP contribution < -0.4 is 0 Å². The molecule has 136 valence electrons. The van der Waals surface area contributed by atoms with Gasteiger partial charge in [0, 0.05) is 6.42 Å². The largest absolute Gasteiger partial charge is 0.463 e. The third-order valence-electron chi connectivity index (χ3n) is 3.63. The molecule has 0 fully saturated rings. The minimum absolute atomic E-state index is 0.0487. The summed E-state index contributed by atoms with van der Waals surface area (Å²) < 4.78 is 4.80.